The molecule has 0 aromatic heterocycles. The molecule has 0 radical (unpaired) electrons. The summed E-state index contributed by atoms with van der Waals surface area (Å²) < 4.78 is 27.4. The molecule has 0 saturated heterocycles. The number of ether oxygens (including phenoxy) is 4. The molecule has 93 heavy (non-hydrogen) atoms. The standard InChI is InChI=1S/C16H34O2Si.2C12H26O2Si.C11H24O2Si.C10H22O2Si.C8H20Si.C7H18Si/c1-10-16(8,9)15(17)18-11-19(12(2)3,13(4)5)14(6)7;1-9-12(5,6)10(13)14-15(7,8)11(2,3)4;1-7-12(2,3)11(13)14-9-8-10-15(4,5)6;1-7-11(2,3)10(12)13-8-9-14(4,5)6;1-7-10(2,3)9(11)12-8-13(4,5)6;1-6-8(2)7-9(3,4)5;1-6-7(2)8(3,4)5/h12-14H,10-11H2,1-9H3;9H2,1-8H3;7-10H2,1-6H3;7-9H2,1-6H3;7-8H2,1-6H3;8H,6-7H2,1-5H3;7H,6H2,1-5H3. The number of hydrogen-bond acceptors (Lipinski definition) is 10. The van der Waals surface area contributed by atoms with Gasteiger partial charge in [0, 0.05) is 32.3 Å². The van der Waals surface area contributed by atoms with Gasteiger partial charge in [-0.1, -0.05) is 248 Å². The number of esters is 4. The third-order valence-corrected chi connectivity index (χ3v) is 41.0. The van der Waals surface area contributed by atoms with Crippen LogP contribution in [0, 0.1) is 33.0 Å². The normalized spacial score (nSPS) is 13.6. The molecule has 0 aliphatic rings. The largest absolute Gasteiger partial charge is 0.519 e. The molecule has 0 spiro atoms. The van der Waals surface area contributed by atoms with Crippen LogP contribution in [0.4, 0.5) is 0 Å². The predicted octanol–water partition coefficient (Wildman–Crippen LogP) is 25.5. The van der Waals surface area contributed by atoms with Crippen molar-refractivity contribution >= 4 is 86.6 Å². The quantitative estimate of drug-likeness (QED) is 0.0296. The third kappa shape index (κ3) is 51.7. The van der Waals surface area contributed by atoms with E-state index >= 15 is 0 Å². The van der Waals surface area contributed by atoms with Crippen LogP contribution >= 0.6 is 0 Å². The molecular weight excluding hydrogens is 1270 g/mol. The molecule has 0 aromatic rings. The summed E-state index contributed by atoms with van der Waals surface area (Å²) in [7, 11) is -8.37. The van der Waals surface area contributed by atoms with Gasteiger partial charge in [-0.15, -0.1) is 0 Å². The van der Waals surface area contributed by atoms with E-state index in [1.165, 1.54) is 24.9 Å². The average Bonchev–Trinajstić information content (AvgIpc) is 0.827. The highest BCUT2D eigenvalue weighted by Crippen LogP contribution is 2.42. The fourth-order valence-electron chi connectivity index (χ4n) is 8.02. The van der Waals surface area contributed by atoms with Crippen molar-refractivity contribution in [3.8, 4) is 0 Å². The molecule has 0 aromatic carbocycles. The van der Waals surface area contributed by atoms with E-state index in [0.717, 1.165) is 56.0 Å². The summed E-state index contributed by atoms with van der Waals surface area (Å²) in [5.74, 6) is 0.707. The first kappa shape index (κ1) is 105. The highest BCUT2D eigenvalue weighted by molar-refractivity contribution is 6.83. The van der Waals surface area contributed by atoms with E-state index in [9.17, 15) is 24.0 Å². The fraction of sp³-hybridized carbons (Fsp3) is 0.934. The van der Waals surface area contributed by atoms with Gasteiger partial charge in [0.15, 0.2) is 0 Å². The maximum atomic E-state index is 12.2. The molecule has 10 nitrogen and oxygen atoms in total. The number of carbonyl (C=O) groups is 5. The Kier molecular flexibility index (Phi) is 51.6. The highest BCUT2D eigenvalue weighted by Gasteiger charge is 2.46. The van der Waals surface area contributed by atoms with Crippen molar-refractivity contribution < 1.29 is 47.3 Å². The summed E-state index contributed by atoms with van der Waals surface area (Å²) in [4.78, 5) is 58.9. The topological polar surface area (TPSA) is 132 Å². The lowest BCUT2D eigenvalue weighted by molar-refractivity contribution is -0.154. The van der Waals surface area contributed by atoms with Crippen molar-refractivity contribution in [1.82, 2.24) is 0 Å². The molecule has 0 saturated carbocycles. The maximum absolute atomic E-state index is 12.2. The summed E-state index contributed by atoms with van der Waals surface area (Å²) in [5, 5.41) is 0.0898. The van der Waals surface area contributed by atoms with Crippen LogP contribution in [0.5, 0.6) is 0 Å². The van der Waals surface area contributed by atoms with E-state index in [1.807, 2.05) is 104 Å². The number of rotatable bonds is 30. The van der Waals surface area contributed by atoms with Gasteiger partial charge in [0.2, 0.25) is 0 Å². The lowest BCUT2D eigenvalue weighted by atomic mass is 9.91. The Morgan fingerprint density at radius 2 is 0.634 bits per heavy atom. The van der Waals surface area contributed by atoms with Gasteiger partial charge in [0.05, 0.1) is 60.8 Å². The first-order chi connectivity index (χ1) is 41.0. The minimum Gasteiger partial charge on any atom is -0.519 e. The second-order valence-corrected chi connectivity index (χ2v) is 77.4. The van der Waals surface area contributed by atoms with Gasteiger partial charge in [-0.2, -0.15) is 0 Å². The van der Waals surface area contributed by atoms with Crippen molar-refractivity contribution in [1.29, 1.82) is 0 Å². The molecular formula is C76H170O10Si7. The first-order valence-corrected chi connectivity index (χ1v) is 60.6. The second-order valence-electron chi connectivity index (χ2n) is 38.8. The van der Waals surface area contributed by atoms with Crippen molar-refractivity contribution in [2.45, 2.75) is 402 Å². The Morgan fingerprint density at radius 3 is 0.849 bits per heavy atom. The molecule has 0 fully saturated rings. The van der Waals surface area contributed by atoms with Crippen LogP contribution in [0.2, 0.25) is 157 Å². The van der Waals surface area contributed by atoms with Crippen molar-refractivity contribution in [2.24, 2.45) is 33.0 Å². The molecule has 0 bridgehead atoms. The second kappa shape index (κ2) is 45.6. The first-order valence-electron chi connectivity index (χ1n) is 36.9. The van der Waals surface area contributed by atoms with E-state index in [-0.39, 0.29) is 62.0 Å². The van der Waals surface area contributed by atoms with E-state index in [2.05, 4.69) is 201 Å². The average molecular weight is 1440 g/mol. The predicted molar refractivity (Wildman–Crippen MR) is 433 cm³/mol. The zero-order chi connectivity index (χ0) is 76.4. The van der Waals surface area contributed by atoms with E-state index < -0.39 is 56.8 Å². The molecule has 2 atom stereocenters. The lowest BCUT2D eigenvalue weighted by Crippen LogP contribution is -2.50. The van der Waals surface area contributed by atoms with Crippen molar-refractivity contribution in [3.05, 3.63) is 0 Å². The Morgan fingerprint density at radius 1 is 0.344 bits per heavy atom. The molecule has 0 N–H and O–H groups in total. The zero-order valence-electron chi connectivity index (χ0n) is 71.6. The molecule has 0 aliphatic carbocycles. The van der Waals surface area contributed by atoms with Gasteiger partial charge >= 0.3 is 23.9 Å². The molecule has 0 aliphatic heterocycles. The Labute approximate surface area is 590 Å². The maximum Gasteiger partial charge on any atom is 0.311 e. The summed E-state index contributed by atoms with van der Waals surface area (Å²) in [6.07, 6.45) is 9.17. The summed E-state index contributed by atoms with van der Waals surface area (Å²) >= 11 is 0. The molecule has 2 unspecified atom stereocenters. The summed E-state index contributed by atoms with van der Waals surface area (Å²) in [5.41, 5.74) is 1.21. The monoisotopic (exact) mass is 1440 g/mol. The molecule has 17 heteroatoms. The highest BCUT2D eigenvalue weighted by atomic mass is 28.4. The zero-order valence-corrected chi connectivity index (χ0v) is 78.6. The van der Waals surface area contributed by atoms with Crippen LogP contribution in [-0.2, 0) is 47.3 Å². The van der Waals surface area contributed by atoms with Crippen molar-refractivity contribution in [3.63, 3.8) is 0 Å². The van der Waals surface area contributed by atoms with Crippen LogP contribution in [0.3, 0.4) is 0 Å². The van der Waals surface area contributed by atoms with E-state index in [1.54, 1.807) is 0 Å². The van der Waals surface area contributed by atoms with E-state index in [4.69, 9.17) is 23.4 Å². The van der Waals surface area contributed by atoms with Gasteiger partial charge in [-0.25, -0.2) is 0 Å². The molecule has 0 rings (SSSR count). The minimum absolute atomic E-state index is 0.0335. The minimum atomic E-state index is -1.94. The van der Waals surface area contributed by atoms with E-state index in [0.29, 0.717) is 42.3 Å². The molecule has 562 valence electrons. The summed E-state index contributed by atoms with van der Waals surface area (Å²) in [6, 6.07) is 3.77. The van der Waals surface area contributed by atoms with Gasteiger partial charge < -0.3 is 23.4 Å². The third-order valence-electron chi connectivity index (χ3n) is 19.8. The SMILES string of the molecule is CCC(C)(C)C(=O)OCCC[Si](C)(C)C.CCC(C)(C)C(=O)OCC[Si](C)(C)C.CCC(C)(C)C(=O)OC[Si](C(C)C)(C(C)C)C(C)C.CCC(C)(C)C(=O)OC[Si](C)(C)C.CCC(C)(C)C(=O)O[Si](C)(C)C(C)(C)C.CCC(C)C[Si](C)(C)C.CCC(C)[Si](C)(C)C. The fourth-order valence-corrected chi connectivity index (χ4v) is 20.5. The van der Waals surface area contributed by atoms with Crippen LogP contribution in [0.15, 0.2) is 0 Å². The van der Waals surface area contributed by atoms with Crippen molar-refractivity contribution in [2.75, 3.05) is 25.7 Å². The molecule has 0 heterocycles. The number of hydrogen-bond donors (Lipinski definition) is 0. The Bertz CT molecular complexity index is 2000. The van der Waals surface area contributed by atoms with Crippen LogP contribution in [0.25, 0.3) is 0 Å². The molecule has 0 amide bonds. The number of carbonyl (C=O) groups excluding carboxylic acids is 5. The summed E-state index contributed by atoms with van der Waals surface area (Å²) in [6.45, 7) is 99.5. The van der Waals surface area contributed by atoms with Gasteiger partial charge in [-0.3, -0.25) is 24.0 Å². The van der Waals surface area contributed by atoms with Gasteiger partial charge in [0.25, 0.3) is 14.3 Å². The lowest BCUT2D eigenvalue weighted by Gasteiger charge is -2.42. The van der Waals surface area contributed by atoms with Gasteiger partial charge in [0.1, 0.15) is 8.07 Å². The smallest absolute Gasteiger partial charge is 0.311 e. The van der Waals surface area contributed by atoms with Crippen LogP contribution in [-0.4, -0.2) is 112 Å². The Hall–Kier alpha value is -1.13. The van der Waals surface area contributed by atoms with Gasteiger partial charge in [-0.05, 0) is 160 Å². The Balaban J connectivity index is -0.000000188. The van der Waals surface area contributed by atoms with Crippen LogP contribution in [0.1, 0.15) is 245 Å². The van der Waals surface area contributed by atoms with Crippen LogP contribution < -0.4 is 0 Å².